The third-order valence-electron chi connectivity index (χ3n) is 5.77. The molecule has 1 aliphatic rings. The van der Waals surface area contributed by atoms with Crippen LogP contribution >= 0.6 is 11.8 Å². The standard InChI is InChI=1S/C24H27N5OS/c1-15-13-16(2)29(27-15)22-11-12-23(26-25-22)31-17(3)20(30)14-21-24(4,5)18-9-7-8-10-19(18)28(21)6/h7-14,17H,1-6H3/b21-14-. The maximum Gasteiger partial charge on any atom is 0.175 e. The summed E-state index contributed by atoms with van der Waals surface area (Å²) in [5.74, 6) is 0.736. The molecule has 6 nitrogen and oxygen atoms in total. The number of benzene rings is 1. The van der Waals surface area contributed by atoms with Gasteiger partial charge in [-0.15, -0.1) is 10.2 Å². The number of rotatable bonds is 5. The number of carbonyl (C=O) groups excluding carboxylic acids is 1. The Labute approximate surface area is 187 Å². The van der Waals surface area contributed by atoms with Gasteiger partial charge in [-0.2, -0.15) is 5.10 Å². The lowest BCUT2D eigenvalue weighted by Crippen LogP contribution is -2.25. The molecule has 1 aliphatic heterocycles. The highest BCUT2D eigenvalue weighted by atomic mass is 32.2. The SMILES string of the molecule is Cc1cc(C)n(-c2ccc(SC(C)C(=O)/C=C3\N(C)c4ccccc4C3(C)C)nn2)n1. The molecule has 0 spiro atoms. The van der Waals surface area contributed by atoms with E-state index in [0.717, 1.165) is 22.8 Å². The number of fused-ring (bicyclic) bond motifs is 1. The summed E-state index contributed by atoms with van der Waals surface area (Å²) in [7, 11) is 2.02. The Morgan fingerprint density at radius 3 is 2.48 bits per heavy atom. The molecule has 160 valence electrons. The highest BCUT2D eigenvalue weighted by molar-refractivity contribution is 8.00. The summed E-state index contributed by atoms with van der Waals surface area (Å²) in [6, 6.07) is 14.1. The number of allylic oxidation sites excluding steroid dienone is 2. The number of aromatic nitrogens is 4. The number of likely N-dealkylation sites (N-methyl/N-ethyl adjacent to an activating group) is 1. The molecule has 0 saturated heterocycles. The average molecular weight is 434 g/mol. The highest BCUT2D eigenvalue weighted by Crippen LogP contribution is 2.46. The zero-order valence-electron chi connectivity index (χ0n) is 18.7. The van der Waals surface area contributed by atoms with Gasteiger partial charge in [0.1, 0.15) is 5.03 Å². The highest BCUT2D eigenvalue weighted by Gasteiger charge is 2.38. The van der Waals surface area contributed by atoms with Crippen LogP contribution in [0.3, 0.4) is 0 Å². The number of aryl methyl sites for hydroxylation is 2. The molecule has 31 heavy (non-hydrogen) atoms. The van der Waals surface area contributed by atoms with Gasteiger partial charge in [0.15, 0.2) is 11.6 Å². The average Bonchev–Trinajstić information content (AvgIpc) is 3.17. The molecule has 3 aromatic rings. The van der Waals surface area contributed by atoms with Crippen LogP contribution in [-0.2, 0) is 10.2 Å². The van der Waals surface area contributed by atoms with Gasteiger partial charge in [-0.1, -0.05) is 43.8 Å². The van der Waals surface area contributed by atoms with E-state index in [1.807, 2.05) is 58.2 Å². The molecule has 0 fully saturated rings. The maximum absolute atomic E-state index is 13.0. The van der Waals surface area contributed by atoms with E-state index >= 15 is 0 Å². The minimum absolute atomic E-state index is 0.0668. The molecular formula is C24H27N5OS. The predicted octanol–water partition coefficient (Wildman–Crippen LogP) is 4.64. The lowest BCUT2D eigenvalue weighted by molar-refractivity contribution is -0.114. The molecule has 1 unspecified atom stereocenters. The minimum atomic E-state index is -0.269. The second-order valence-corrected chi connectivity index (χ2v) is 9.82. The van der Waals surface area contributed by atoms with E-state index in [1.54, 1.807) is 10.8 Å². The van der Waals surface area contributed by atoms with Gasteiger partial charge in [0.2, 0.25) is 0 Å². The van der Waals surface area contributed by atoms with Crippen molar-refractivity contribution in [2.24, 2.45) is 0 Å². The van der Waals surface area contributed by atoms with Crippen LogP contribution in [0, 0.1) is 13.8 Å². The lowest BCUT2D eigenvalue weighted by Gasteiger charge is -2.24. The van der Waals surface area contributed by atoms with Gasteiger partial charge in [0.05, 0.1) is 10.9 Å². The zero-order valence-corrected chi connectivity index (χ0v) is 19.6. The zero-order chi connectivity index (χ0) is 22.3. The van der Waals surface area contributed by atoms with Crippen molar-refractivity contribution in [3.63, 3.8) is 0 Å². The van der Waals surface area contributed by atoms with Crippen LogP contribution in [0.2, 0.25) is 0 Å². The molecular weight excluding hydrogens is 406 g/mol. The van der Waals surface area contributed by atoms with E-state index in [-0.39, 0.29) is 16.4 Å². The van der Waals surface area contributed by atoms with E-state index < -0.39 is 0 Å². The Morgan fingerprint density at radius 2 is 1.87 bits per heavy atom. The smallest absolute Gasteiger partial charge is 0.175 e. The van der Waals surface area contributed by atoms with E-state index in [9.17, 15) is 4.79 Å². The van der Waals surface area contributed by atoms with Crippen LogP contribution in [0.15, 0.2) is 59.3 Å². The molecule has 7 heteroatoms. The number of nitrogens with zero attached hydrogens (tertiary/aromatic N) is 5. The molecule has 2 aromatic heterocycles. The van der Waals surface area contributed by atoms with Gasteiger partial charge in [-0.3, -0.25) is 4.79 Å². The second kappa shape index (κ2) is 7.96. The van der Waals surface area contributed by atoms with Gasteiger partial charge in [0.25, 0.3) is 0 Å². The molecule has 4 rings (SSSR count). The first kappa shape index (κ1) is 21.3. The Bertz CT molecular complexity index is 1160. The number of hydrogen-bond donors (Lipinski definition) is 0. The number of para-hydroxylation sites is 1. The summed E-state index contributed by atoms with van der Waals surface area (Å²) < 4.78 is 1.77. The van der Waals surface area contributed by atoms with Crippen LogP contribution < -0.4 is 4.90 Å². The Balaban J connectivity index is 1.50. The number of anilines is 1. The number of hydrogen-bond acceptors (Lipinski definition) is 6. The third kappa shape index (κ3) is 3.90. The molecule has 0 amide bonds. The first-order valence-electron chi connectivity index (χ1n) is 10.3. The van der Waals surface area contributed by atoms with Crippen molar-refractivity contribution < 1.29 is 4.79 Å². The quantitative estimate of drug-likeness (QED) is 0.431. The lowest BCUT2D eigenvalue weighted by atomic mass is 9.83. The molecule has 0 saturated carbocycles. The van der Waals surface area contributed by atoms with Crippen molar-refractivity contribution in [2.45, 2.75) is 50.3 Å². The van der Waals surface area contributed by atoms with Crippen LogP contribution in [0.1, 0.15) is 37.7 Å². The summed E-state index contributed by atoms with van der Waals surface area (Å²) in [5.41, 5.74) is 5.13. The summed E-state index contributed by atoms with van der Waals surface area (Å²) >= 11 is 1.42. The van der Waals surface area contributed by atoms with E-state index in [1.165, 1.54) is 17.3 Å². The Hall–Kier alpha value is -2.93. The first-order valence-corrected chi connectivity index (χ1v) is 11.2. The van der Waals surface area contributed by atoms with E-state index in [2.05, 4.69) is 46.2 Å². The third-order valence-corrected chi connectivity index (χ3v) is 6.82. The fraction of sp³-hybridized carbons (Fsp3) is 0.333. The van der Waals surface area contributed by atoms with E-state index in [0.29, 0.717) is 10.8 Å². The monoisotopic (exact) mass is 433 g/mol. The fourth-order valence-corrected chi connectivity index (χ4v) is 4.88. The molecule has 0 aliphatic carbocycles. The van der Waals surface area contributed by atoms with Crippen molar-refractivity contribution in [1.82, 2.24) is 20.0 Å². The molecule has 1 atom stereocenters. The van der Waals surface area contributed by atoms with Crippen LogP contribution in [0.25, 0.3) is 5.82 Å². The summed E-state index contributed by atoms with van der Waals surface area (Å²) in [6.45, 7) is 10.2. The van der Waals surface area contributed by atoms with Crippen molar-refractivity contribution in [3.05, 3.63) is 71.2 Å². The predicted molar refractivity (Wildman–Crippen MR) is 125 cm³/mol. The molecule has 3 heterocycles. The molecule has 0 bridgehead atoms. The largest absolute Gasteiger partial charge is 0.347 e. The normalized spacial score (nSPS) is 17.1. The van der Waals surface area contributed by atoms with Crippen molar-refractivity contribution in [2.75, 3.05) is 11.9 Å². The Kier molecular flexibility index (Phi) is 5.47. The van der Waals surface area contributed by atoms with Crippen LogP contribution in [0.5, 0.6) is 0 Å². The summed E-state index contributed by atoms with van der Waals surface area (Å²) in [4.78, 5) is 15.2. The molecule has 0 N–H and O–H groups in total. The van der Waals surface area contributed by atoms with Crippen molar-refractivity contribution in [3.8, 4) is 5.82 Å². The molecule has 1 aromatic carbocycles. The summed E-state index contributed by atoms with van der Waals surface area (Å²) in [6.07, 6.45) is 1.79. The van der Waals surface area contributed by atoms with Gasteiger partial charge < -0.3 is 4.90 Å². The first-order chi connectivity index (χ1) is 14.7. The van der Waals surface area contributed by atoms with Gasteiger partial charge in [0, 0.05) is 35.6 Å². The topological polar surface area (TPSA) is 63.9 Å². The van der Waals surface area contributed by atoms with E-state index in [4.69, 9.17) is 0 Å². The van der Waals surface area contributed by atoms with Gasteiger partial charge in [-0.25, -0.2) is 4.68 Å². The van der Waals surface area contributed by atoms with Crippen molar-refractivity contribution >= 4 is 23.2 Å². The number of thioether (sulfide) groups is 1. The fourth-order valence-electron chi connectivity index (χ4n) is 4.10. The maximum atomic E-state index is 13.0. The number of carbonyl (C=O) groups is 1. The molecule has 0 radical (unpaired) electrons. The van der Waals surface area contributed by atoms with Crippen molar-refractivity contribution in [1.29, 1.82) is 0 Å². The van der Waals surface area contributed by atoms with Gasteiger partial charge in [-0.05, 0) is 50.6 Å². The van der Waals surface area contributed by atoms with Crippen LogP contribution in [-0.4, -0.2) is 38.1 Å². The Morgan fingerprint density at radius 1 is 1.13 bits per heavy atom. The van der Waals surface area contributed by atoms with Crippen LogP contribution in [0.4, 0.5) is 5.69 Å². The number of ketones is 1. The minimum Gasteiger partial charge on any atom is -0.347 e. The summed E-state index contributed by atoms with van der Waals surface area (Å²) in [5, 5.41) is 13.5. The van der Waals surface area contributed by atoms with Gasteiger partial charge >= 0.3 is 0 Å². The second-order valence-electron chi connectivity index (χ2n) is 8.46.